The van der Waals surface area contributed by atoms with E-state index in [0.29, 0.717) is 50.9 Å². The second-order valence-corrected chi connectivity index (χ2v) is 11.2. The van der Waals surface area contributed by atoms with Gasteiger partial charge in [-0.15, -0.1) is 0 Å². The van der Waals surface area contributed by atoms with Crippen LogP contribution in [-0.2, 0) is 14.8 Å². The lowest BCUT2D eigenvalue weighted by Crippen LogP contribution is -2.51. The number of piperazine rings is 1. The van der Waals surface area contributed by atoms with Crippen LogP contribution in [0.2, 0.25) is 0 Å². The quantitative estimate of drug-likeness (QED) is 0.425. The van der Waals surface area contributed by atoms with E-state index >= 15 is 0 Å². The molecule has 39 heavy (non-hydrogen) atoms. The summed E-state index contributed by atoms with van der Waals surface area (Å²) in [6, 6.07) is 19.6. The van der Waals surface area contributed by atoms with E-state index in [4.69, 9.17) is 9.47 Å². The molecule has 1 fully saturated rings. The largest absolute Gasteiger partial charge is 0.486 e. The molecule has 0 saturated carbocycles. The van der Waals surface area contributed by atoms with Crippen molar-refractivity contribution in [3.63, 3.8) is 0 Å². The van der Waals surface area contributed by atoms with E-state index in [-0.39, 0.29) is 16.5 Å². The molecule has 10 heteroatoms. The summed E-state index contributed by atoms with van der Waals surface area (Å²) < 4.78 is 53.6. The molecule has 0 bridgehead atoms. The Kier molecular flexibility index (Phi) is 8.13. The number of halogens is 1. The molecule has 3 aromatic rings. The molecule has 3 aromatic carbocycles. The van der Waals surface area contributed by atoms with Crippen molar-refractivity contribution in [2.45, 2.75) is 4.90 Å². The first kappa shape index (κ1) is 26.7. The van der Waals surface area contributed by atoms with Crippen molar-refractivity contribution < 1.29 is 27.1 Å². The number of anilines is 1. The lowest BCUT2D eigenvalue weighted by molar-refractivity contribution is -0.131. The van der Waals surface area contributed by atoms with Crippen molar-refractivity contribution in [3.8, 4) is 11.5 Å². The van der Waals surface area contributed by atoms with Crippen LogP contribution in [0.4, 0.5) is 10.1 Å². The van der Waals surface area contributed by atoms with Gasteiger partial charge in [0, 0.05) is 38.8 Å². The topological polar surface area (TPSA) is 79.4 Å². The zero-order valence-corrected chi connectivity index (χ0v) is 22.2. The molecular formula is C29H30FN3O5S. The minimum absolute atomic E-state index is 0.0705. The van der Waals surface area contributed by atoms with Crippen molar-refractivity contribution in [1.82, 2.24) is 9.80 Å². The Balaban J connectivity index is 1.28. The molecule has 204 valence electrons. The standard InChI is InChI=1S/C29H30FN3O5S/c30-24-9-4-10-25(20-24)33(39(35,36)26-11-12-27-28(21-26)38-19-18-37-27)22-29(34)32-16-14-31(15-17-32)13-5-8-23-6-2-1-3-7-23/h1-12,20-21H,13-19,22H2/b8-5+. The normalized spacial score (nSPS) is 15.9. The zero-order valence-electron chi connectivity index (χ0n) is 21.4. The summed E-state index contributed by atoms with van der Waals surface area (Å²) >= 11 is 0. The lowest BCUT2D eigenvalue weighted by atomic mass is 10.2. The van der Waals surface area contributed by atoms with Gasteiger partial charge >= 0.3 is 0 Å². The fraction of sp³-hybridized carbons (Fsp3) is 0.276. The van der Waals surface area contributed by atoms with E-state index in [2.05, 4.69) is 17.1 Å². The number of carbonyl (C=O) groups excluding carboxylic acids is 1. The van der Waals surface area contributed by atoms with E-state index in [0.717, 1.165) is 22.5 Å². The van der Waals surface area contributed by atoms with E-state index in [1.165, 1.54) is 36.4 Å². The second-order valence-electron chi connectivity index (χ2n) is 9.29. The smallest absolute Gasteiger partial charge is 0.264 e. The maximum atomic E-state index is 14.1. The van der Waals surface area contributed by atoms with Crippen LogP contribution >= 0.6 is 0 Å². The molecule has 8 nitrogen and oxygen atoms in total. The SMILES string of the molecule is O=C(CN(c1cccc(F)c1)S(=O)(=O)c1ccc2c(c1)OCCO2)N1CCN(C/C=C/c2ccccc2)CC1. The maximum absolute atomic E-state index is 14.1. The van der Waals surface area contributed by atoms with Crippen molar-refractivity contribution in [2.24, 2.45) is 0 Å². The van der Waals surface area contributed by atoms with Crippen LogP contribution in [-0.4, -0.2) is 76.6 Å². The van der Waals surface area contributed by atoms with E-state index in [9.17, 15) is 17.6 Å². The van der Waals surface area contributed by atoms with Gasteiger partial charge in [0.1, 0.15) is 25.6 Å². The van der Waals surface area contributed by atoms with Gasteiger partial charge in [-0.05, 0) is 35.9 Å². The molecule has 1 amide bonds. The Morgan fingerprint density at radius 1 is 0.897 bits per heavy atom. The average Bonchev–Trinajstić information content (AvgIpc) is 2.96. The minimum Gasteiger partial charge on any atom is -0.486 e. The molecule has 0 aliphatic carbocycles. The van der Waals surface area contributed by atoms with Gasteiger partial charge in [0.05, 0.1) is 10.6 Å². The molecule has 2 aliphatic heterocycles. The van der Waals surface area contributed by atoms with Gasteiger partial charge in [-0.2, -0.15) is 0 Å². The fourth-order valence-corrected chi connectivity index (χ4v) is 5.98. The number of nitrogens with zero attached hydrogens (tertiary/aromatic N) is 3. The van der Waals surface area contributed by atoms with Crippen LogP contribution in [0.5, 0.6) is 11.5 Å². The van der Waals surface area contributed by atoms with E-state index in [1.807, 2.05) is 30.3 Å². The molecule has 2 heterocycles. The highest BCUT2D eigenvalue weighted by Gasteiger charge is 2.31. The highest BCUT2D eigenvalue weighted by molar-refractivity contribution is 7.92. The van der Waals surface area contributed by atoms with E-state index in [1.54, 1.807) is 4.90 Å². The molecule has 0 N–H and O–H groups in total. The monoisotopic (exact) mass is 551 g/mol. The number of ether oxygens (including phenoxy) is 2. The molecular weight excluding hydrogens is 521 g/mol. The Hall–Kier alpha value is -3.89. The van der Waals surface area contributed by atoms with Crippen molar-refractivity contribution >= 4 is 27.7 Å². The van der Waals surface area contributed by atoms with Gasteiger partial charge in [-0.25, -0.2) is 12.8 Å². The number of amides is 1. The predicted molar refractivity (Wildman–Crippen MR) is 147 cm³/mol. The van der Waals surface area contributed by atoms with Crippen LogP contribution in [0.25, 0.3) is 6.08 Å². The number of hydrogen-bond acceptors (Lipinski definition) is 6. The highest BCUT2D eigenvalue weighted by atomic mass is 32.2. The molecule has 0 radical (unpaired) electrons. The summed E-state index contributed by atoms with van der Waals surface area (Å²) in [5.41, 5.74) is 1.20. The second kappa shape index (κ2) is 11.9. The molecule has 0 spiro atoms. The average molecular weight is 552 g/mol. The van der Waals surface area contributed by atoms with Gasteiger partial charge in [0.2, 0.25) is 5.91 Å². The third-order valence-corrected chi connectivity index (χ3v) is 8.45. The molecule has 0 unspecified atom stereocenters. The Bertz CT molecular complexity index is 1440. The zero-order chi connectivity index (χ0) is 27.2. The Morgan fingerprint density at radius 2 is 1.64 bits per heavy atom. The maximum Gasteiger partial charge on any atom is 0.264 e. The first-order valence-electron chi connectivity index (χ1n) is 12.8. The van der Waals surface area contributed by atoms with Gasteiger partial charge in [0.25, 0.3) is 10.0 Å². The van der Waals surface area contributed by atoms with Crippen LogP contribution in [0.1, 0.15) is 5.56 Å². The van der Waals surface area contributed by atoms with Gasteiger partial charge in [-0.1, -0.05) is 48.6 Å². The minimum atomic E-state index is -4.22. The fourth-order valence-electron chi connectivity index (χ4n) is 4.56. The molecule has 2 aliphatic rings. The number of rotatable bonds is 8. The van der Waals surface area contributed by atoms with Crippen molar-refractivity contribution in [3.05, 3.63) is 90.3 Å². The molecule has 5 rings (SSSR count). The van der Waals surface area contributed by atoms with Gasteiger partial charge in [-0.3, -0.25) is 14.0 Å². The third-order valence-electron chi connectivity index (χ3n) is 6.68. The van der Waals surface area contributed by atoms with E-state index < -0.39 is 22.4 Å². The first-order valence-corrected chi connectivity index (χ1v) is 14.2. The first-order chi connectivity index (χ1) is 18.9. The number of carbonyl (C=O) groups is 1. The molecule has 0 atom stereocenters. The third kappa shape index (κ3) is 6.40. The van der Waals surface area contributed by atoms with Crippen molar-refractivity contribution in [2.75, 3.05) is 56.8 Å². The lowest BCUT2D eigenvalue weighted by Gasteiger charge is -2.35. The summed E-state index contributed by atoms with van der Waals surface area (Å²) in [5, 5.41) is 0. The highest BCUT2D eigenvalue weighted by Crippen LogP contribution is 2.34. The Morgan fingerprint density at radius 3 is 2.38 bits per heavy atom. The molecule has 0 aromatic heterocycles. The molecule has 1 saturated heterocycles. The van der Waals surface area contributed by atoms with Gasteiger partial charge in [0.15, 0.2) is 11.5 Å². The van der Waals surface area contributed by atoms with Crippen molar-refractivity contribution in [1.29, 1.82) is 0 Å². The number of fused-ring (bicyclic) bond motifs is 1. The Labute approximate surface area is 227 Å². The number of hydrogen-bond donors (Lipinski definition) is 0. The predicted octanol–water partition coefficient (Wildman–Crippen LogP) is 3.65. The van der Waals surface area contributed by atoms with Crippen LogP contribution in [0, 0.1) is 5.82 Å². The van der Waals surface area contributed by atoms with Crippen LogP contribution in [0.15, 0.2) is 83.8 Å². The summed E-state index contributed by atoms with van der Waals surface area (Å²) in [5.74, 6) is -0.185. The summed E-state index contributed by atoms with van der Waals surface area (Å²) in [6.07, 6.45) is 4.16. The van der Waals surface area contributed by atoms with Gasteiger partial charge < -0.3 is 14.4 Å². The van der Waals surface area contributed by atoms with Crippen LogP contribution < -0.4 is 13.8 Å². The summed E-state index contributed by atoms with van der Waals surface area (Å²) in [4.78, 5) is 17.2. The number of benzene rings is 3. The summed E-state index contributed by atoms with van der Waals surface area (Å²) in [7, 11) is -4.22. The van der Waals surface area contributed by atoms with Crippen LogP contribution in [0.3, 0.4) is 0 Å². The summed E-state index contributed by atoms with van der Waals surface area (Å²) in [6.45, 7) is 3.26. The number of sulfonamides is 1.